The largest absolute Gasteiger partial charge is 0.303 e. The molecule has 0 saturated carbocycles. The summed E-state index contributed by atoms with van der Waals surface area (Å²) in [5.74, 6) is -0.00767. The lowest BCUT2D eigenvalue weighted by atomic mass is 10.1. The molecule has 0 bridgehead atoms. The molecule has 0 spiro atoms. The molecule has 98 valence electrons. The van der Waals surface area contributed by atoms with E-state index < -0.39 is 10.2 Å². The molecular weight excluding hydrogens is 252 g/mol. The molecule has 18 heavy (non-hydrogen) atoms. The molecule has 0 fully saturated rings. The molecule has 1 aliphatic heterocycles. The van der Waals surface area contributed by atoms with Crippen molar-refractivity contribution in [1.29, 1.82) is 0 Å². The molecule has 5 nitrogen and oxygen atoms in total. The third-order valence-electron chi connectivity index (χ3n) is 3.08. The minimum Gasteiger partial charge on any atom is -0.295 e. The number of fused-ring (bicyclic) bond motifs is 1. The fourth-order valence-electron chi connectivity index (χ4n) is 2.03. The number of anilines is 1. The first-order valence-electron chi connectivity index (χ1n) is 5.68. The highest BCUT2D eigenvalue weighted by Crippen LogP contribution is 2.31. The van der Waals surface area contributed by atoms with Gasteiger partial charge in [0, 0.05) is 26.2 Å². The highest BCUT2D eigenvalue weighted by Gasteiger charge is 2.31. The molecule has 0 aromatic heterocycles. The predicted octanol–water partition coefficient (Wildman–Crippen LogP) is 1.06. The maximum absolute atomic E-state index is 12.1. The summed E-state index contributed by atoms with van der Waals surface area (Å²) in [7, 11) is -0.419. The molecule has 0 radical (unpaired) electrons. The second-order valence-corrected chi connectivity index (χ2v) is 6.58. The van der Waals surface area contributed by atoms with Crippen LogP contribution in [0, 0.1) is 0 Å². The fourth-order valence-corrected chi connectivity index (χ4v) is 3.17. The van der Waals surface area contributed by atoms with Gasteiger partial charge in [-0.15, -0.1) is 0 Å². The van der Waals surface area contributed by atoms with Crippen molar-refractivity contribution in [2.75, 3.05) is 24.9 Å². The summed E-state index contributed by atoms with van der Waals surface area (Å²) in [5, 5.41) is 0. The molecule has 0 atom stereocenters. The summed E-state index contributed by atoms with van der Waals surface area (Å²) >= 11 is 0. The summed E-state index contributed by atoms with van der Waals surface area (Å²) in [4.78, 5) is 11.3. The Morgan fingerprint density at radius 3 is 2.56 bits per heavy atom. The van der Waals surface area contributed by atoms with Gasteiger partial charge in [-0.05, 0) is 37.1 Å². The van der Waals surface area contributed by atoms with Gasteiger partial charge < -0.3 is 0 Å². The Labute approximate surface area is 107 Å². The average Bonchev–Trinajstić information content (AvgIpc) is 2.71. The number of ketones is 1. The zero-order chi connectivity index (χ0) is 13.5. The van der Waals surface area contributed by atoms with Crippen molar-refractivity contribution in [2.45, 2.75) is 13.3 Å². The lowest BCUT2D eigenvalue weighted by Gasteiger charge is -2.23. The van der Waals surface area contributed by atoms with E-state index >= 15 is 0 Å². The van der Waals surface area contributed by atoms with Crippen LogP contribution in [0.4, 0.5) is 5.69 Å². The van der Waals surface area contributed by atoms with Crippen molar-refractivity contribution in [3.63, 3.8) is 0 Å². The van der Waals surface area contributed by atoms with Gasteiger partial charge in [0.2, 0.25) is 0 Å². The number of rotatable bonds is 3. The Bertz CT molecular complexity index is 593. The van der Waals surface area contributed by atoms with E-state index in [4.69, 9.17) is 0 Å². The van der Waals surface area contributed by atoms with E-state index in [-0.39, 0.29) is 5.78 Å². The van der Waals surface area contributed by atoms with E-state index in [9.17, 15) is 13.2 Å². The number of carbonyl (C=O) groups is 1. The topological polar surface area (TPSA) is 57.7 Å². The molecule has 6 heteroatoms. The van der Waals surface area contributed by atoms with Gasteiger partial charge in [-0.2, -0.15) is 12.7 Å². The van der Waals surface area contributed by atoms with Crippen LogP contribution in [-0.2, 0) is 16.6 Å². The van der Waals surface area contributed by atoms with Crippen molar-refractivity contribution in [3.05, 3.63) is 29.3 Å². The predicted molar refractivity (Wildman–Crippen MR) is 70.1 cm³/mol. The molecular formula is C12H16N2O3S. The summed E-state index contributed by atoms with van der Waals surface area (Å²) in [6, 6.07) is 5.16. The Hall–Kier alpha value is -1.40. The Morgan fingerprint density at radius 2 is 2.00 bits per heavy atom. The molecule has 0 saturated heterocycles. The van der Waals surface area contributed by atoms with E-state index in [1.165, 1.54) is 29.6 Å². The first-order chi connectivity index (χ1) is 8.34. The summed E-state index contributed by atoms with van der Waals surface area (Å²) < 4.78 is 26.8. The van der Waals surface area contributed by atoms with Crippen LogP contribution >= 0.6 is 0 Å². The number of hydrogen-bond acceptors (Lipinski definition) is 3. The Balaban J connectivity index is 2.44. The summed E-state index contributed by atoms with van der Waals surface area (Å²) in [6.07, 6.45) is 0.642. The summed E-state index contributed by atoms with van der Waals surface area (Å²) in [5.41, 5.74) is 2.21. The van der Waals surface area contributed by atoms with Crippen molar-refractivity contribution in [2.24, 2.45) is 0 Å². The standard InChI is InChI=1S/C12H16N2O3S/c1-9(15)10-4-5-12-11(8-10)6-7-14(12)18(16,17)13(2)3/h4-5,8H,6-7H2,1-3H3. The zero-order valence-electron chi connectivity index (χ0n) is 10.7. The minimum absolute atomic E-state index is 0.00767. The average molecular weight is 268 g/mol. The van der Waals surface area contributed by atoms with Crippen LogP contribution in [0.1, 0.15) is 22.8 Å². The van der Waals surface area contributed by atoms with Crippen LogP contribution in [-0.4, -0.2) is 39.1 Å². The second-order valence-electron chi connectivity index (χ2n) is 4.51. The van der Waals surface area contributed by atoms with Gasteiger partial charge in [-0.25, -0.2) is 0 Å². The van der Waals surface area contributed by atoms with Gasteiger partial charge >= 0.3 is 10.2 Å². The number of carbonyl (C=O) groups excluding carboxylic acids is 1. The molecule has 0 N–H and O–H groups in total. The van der Waals surface area contributed by atoms with Crippen molar-refractivity contribution in [1.82, 2.24) is 4.31 Å². The zero-order valence-corrected chi connectivity index (χ0v) is 11.5. The van der Waals surface area contributed by atoms with Gasteiger partial charge in [0.1, 0.15) is 0 Å². The van der Waals surface area contributed by atoms with E-state index in [0.29, 0.717) is 24.2 Å². The Kier molecular flexibility index (Phi) is 3.16. The lowest BCUT2D eigenvalue weighted by Crippen LogP contribution is -2.38. The summed E-state index contributed by atoms with van der Waals surface area (Å²) in [6.45, 7) is 1.93. The number of nitrogens with zero attached hydrogens (tertiary/aromatic N) is 2. The third-order valence-corrected chi connectivity index (χ3v) is 4.94. The van der Waals surface area contributed by atoms with Gasteiger partial charge in [0.15, 0.2) is 5.78 Å². The highest BCUT2D eigenvalue weighted by atomic mass is 32.2. The van der Waals surface area contributed by atoms with Gasteiger partial charge in [0.25, 0.3) is 0 Å². The SMILES string of the molecule is CC(=O)c1ccc2c(c1)CCN2S(=O)(=O)N(C)C. The van der Waals surface area contributed by atoms with Crippen LogP contribution in [0.25, 0.3) is 0 Å². The molecule has 0 aliphatic carbocycles. The maximum atomic E-state index is 12.1. The van der Waals surface area contributed by atoms with E-state index in [2.05, 4.69) is 0 Å². The molecule has 0 amide bonds. The normalized spacial score (nSPS) is 15.0. The quantitative estimate of drug-likeness (QED) is 0.770. The number of hydrogen-bond donors (Lipinski definition) is 0. The van der Waals surface area contributed by atoms with Gasteiger partial charge in [0.05, 0.1) is 5.69 Å². The van der Waals surface area contributed by atoms with E-state index in [0.717, 1.165) is 5.56 Å². The molecule has 1 aliphatic rings. The van der Waals surface area contributed by atoms with E-state index in [1.54, 1.807) is 18.2 Å². The third kappa shape index (κ3) is 2.02. The molecule has 1 heterocycles. The number of Topliss-reactive ketones (excluding diaryl/α,β-unsaturated/α-hetero) is 1. The highest BCUT2D eigenvalue weighted by molar-refractivity contribution is 7.90. The number of benzene rings is 1. The van der Waals surface area contributed by atoms with Gasteiger partial charge in [-0.1, -0.05) is 0 Å². The van der Waals surface area contributed by atoms with Crippen molar-refractivity contribution < 1.29 is 13.2 Å². The maximum Gasteiger partial charge on any atom is 0.303 e. The van der Waals surface area contributed by atoms with Crippen LogP contribution in [0.3, 0.4) is 0 Å². The Morgan fingerprint density at radius 1 is 1.33 bits per heavy atom. The van der Waals surface area contributed by atoms with Crippen LogP contribution in [0.5, 0.6) is 0 Å². The monoisotopic (exact) mass is 268 g/mol. The van der Waals surface area contributed by atoms with Crippen LogP contribution in [0.15, 0.2) is 18.2 Å². The fraction of sp³-hybridized carbons (Fsp3) is 0.417. The lowest BCUT2D eigenvalue weighted by molar-refractivity contribution is 0.101. The first-order valence-corrected chi connectivity index (χ1v) is 7.08. The molecule has 2 rings (SSSR count). The van der Waals surface area contributed by atoms with Gasteiger partial charge in [-0.3, -0.25) is 9.10 Å². The minimum atomic E-state index is -3.44. The molecule has 1 aromatic rings. The van der Waals surface area contributed by atoms with Crippen molar-refractivity contribution in [3.8, 4) is 0 Å². The van der Waals surface area contributed by atoms with E-state index in [1.807, 2.05) is 0 Å². The van der Waals surface area contributed by atoms with Crippen LogP contribution < -0.4 is 4.31 Å². The smallest absolute Gasteiger partial charge is 0.295 e. The van der Waals surface area contributed by atoms with Crippen molar-refractivity contribution >= 4 is 21.7 Å². The second kappa shape index (κ2) is 4.37. The van der Waals surface area contributed by atoms with Crippen LogP contribution in [0.2, 0.25) is 0 Å². The first kappa shape index (κ1) is 13.0. The molecule has 0 unspecified atom stereocenters. The molecule has 1 aromatic carbocycles.